The summed E-state index contributed by atoms with van der Waals surface area (Å²) in [7, 11) is 0. The molecule has 0 aromatic carbocycles. The Kier molecular flexibility index (Phi) is 5.39. The van der Waals surface area contributed by atoms with Crippen LogP contribution >= 0.6 is 11.3 Å². The highest BCUT2D eigenvalue weighted by Gasteiger charge is 2.14. The summed E-state index contributed by atoms with van der Waals surface area (Å²) in [4.78, 5) is 31.6. The molecule has 2 aromatic rings. The van der Waals surface area contributed by atoms with Crippen molar-refractivity contribution in [1.29, 1.82) is 0 Å². The van der Waals surface area contributed by atoms with E-state index in [1.807, 2.05) is 0 Å². The van der Waals surface area contributed by atoms with Crippen LogP contribution in [0.15, 0.2) is 29.9 Å². The van der Waals surface area contributed by atoms with Gasteiger partial charge >= 0.3 is 0 Å². The maximum atomic E-state index is 11.8. The van der Waals surface area contributed by atoms with Crippen molar-refractivity contribution in [2.75, 3.05) is 18.8 Å². The molecule has 0 aliphatic carbocycles. The van der Waals surface area contributed by atoms with Crippen LogP contribution in [-0.2, 0) is 0 Å². The van der Waals surface area contributed by atoms with Gasteiger partial charge in [-0.2, -0.15) is 0 Å². The highest BCUT2D eigenvalue weighted by Crippen LogP contribution is 2.07. The highest BCUT2D eigenvalue weighted by atomic mass is 32.1. The lowest BCUT2D eigenvalue weighted by Gasteiger charge is -2.12. The summed E-state index contributed by atoms with van der Waals surface area (Å²) < 4.78 is 0. The third-order valence-electron chi connectivity index (χ3n) is 2.68. The van der Waals surface area contributed by atoms with Crippen molar-refractivity contribution < 1.29 is 14.7 Å². The van der Waals surface area contributed by atoms with E-state index in [2.05, 4.69) is 20.6 Å². The van der Waals surface area contributed by atoms with Crippen molar-refractivity contribution in [2.45, 2.75) is 6.10 Å². The molecule has 1 atom stereocenters. The van der Waals surface area contributed by atoms with Crippen molar-refractivity contribution in [3.05, 3.63) is 40.5 Å². The van der Waals surface area contributed by atoms with Gasteiger partial charge in [-0.3, -0.25) is 9.59 Å². The van der Waals surface area contributed by atoms with Gasteiger partial charge in [0.2, 0.25) is 0 Å². The quantitative estimate of drug-likeness (QED) is 0.575. The monoisotopic (exact) mass is 321 g/mol. The fraction of sp³-hybridized carbons (Fsp3) is 0.231. The number of carbonyl (C=O) groups excluding carboxylic acids is 2. The Morgan fingerprint density at radius 1 is 1.23 bits per heavy atom. The molecule has 0 aliphatic heterocycles. The van der Waals surface area contributed by atoms with Crippen LogP contribution in [0.3, 0.4) is 0 Å². The number of anilines is 1. The summed E-state index contributed by atoms with van der Waals surface area (Å²) in [5.74, 6) is -0.784. The first-order valence-corrected chi connectivity index (χ1v) is 7.30. The van der Waals surface area contributed by atoms with Crippen LogP contribution in [0.25, 0.3) is 0 Å². The second-order valence-electron chi connectivity index (χ2n) is 4.34. The maximum Gasteiger partial charge on any atom is 0.273 e. The molecular formula is C13H15N5O3S. The molecule has 116 valence electrons. The van der Waals surface area contributed by atoms with E-state index in [9.17, 15) is 14.7 Å². The van der Waals surface area contributed by atoms with Gasteiger partial charge < -0.3 is 21.5 Å². The average molecular weight is 321 g/mol. The molecule has 0 fully saturated rings. The zero-order valence-electron chi connectivity index (χ0n) is 11.5. The fourth-order valence-corrected chi connectivity index (χ4v) is 2.24. The van der Waals surface area contributed by atoms with Gasteiger partial charge in [-0.05, 0) is 11.4 Å². The van der Waals surface area contributed by atoms with Gasteiger partial charge in [0.25, 0.3) is 11.8 Å². The third kappa shape index (κ3) is 4.24. The SMILES string of the molecule is Nc1nccnc1C(=O)NCC(O)CNC(=O)c1cccs1. The Morgan fingerprint density at radius 2 is 1.91 bits per heavy atom. The van der Waals surface area contributed by atoms with Crippen LogP contribution in [0.1, 0.15) is 20.2 Å². The summed E-state index contributed by atoms with van der Waals surface area (Å²) in [6, 6.07) is 3.45. The minimum absolute atomic E-state index is 0.00248. The van der Waals surface area contributed by atoms with Crippen molar-refractivity contribution in [1.82, 2.24) is 20.6 Å². The average Bonchev–Trinajstić information content (AvgIpc) is 3.05. The molecule has 0 saturated heterocycles. The van der Waals surface area contributed by atoms with Gasteiger partial charge in [0, 0.05) is 25.5 Å². The largest absolute Gasteiger partial charge is 0.389 e. The fourth-order valence-electron chi connectivity index (χ4n) is 1.60. The molecule has 5 N–H and O–H groups in total. The number of carbonyl (C=O) groups is 2. The molecule has 22 heavy (non-hydrogen) atoms. The minimum Gasteiger partial charge on any atom is -0.389 e. The van der Waals surface area contributed by atoms with Crippen LogP contribution in [0.4, 0.5) is 5.82 Å². The van der Waals surface area contributed by atoms with Crippen molar-refractivity contribution in [3.63, 3.8) is 0 Å². The predicted molar refractivity (Wildman–Crippen MR) is 81.4 cm³/mol. The summed E-state index contributed by atoms with van der Waals surface area (Å²) in [5.41, 5.74) is 5.53. The molecule has 2 aromatic heterocycles. The van der Waals surface area contributed by atoms with Gasteiger partial charge in [-0.1, -0.05) is 6.07 Å². The number of nitrogens with one attached hydrogen (secondary N) is 2. The number of nitrogen functional groups attached to an aromatic ring is 1. The molecule has 0 bridgehead atoms. The van der Waals surface area contributed by atoms with E-state index in [4.69, 9.17) is 5.73 Å². The van der Waals surface area contributed by atoms with E-state index in [0.29, 0.717) is 4.88 Å². The third-order valence-corrected chi connectivity index (χ3v) is 3.55. The van der Waals surface area contributed by atoms with Crippen LogP contribution < -0.4 is 16.4 Å². The summed E-state index contributed by atoms with van der Waals surface area (Å²) in [5, 5.41) is 16.6. The predicted octanol–water partition coefficient (Wildman–Crippen LogP) is -0.359. The Hall–Kier alpha value is -2.52. The van der Waals surface area contributed by atoms with E-state index in [1.165, 1.54) is 23.7 Å². The number of aromatic nitrogens is 2. The number of nitrogens with zero attached hydrogens (tertiary/aromatic N) is 2. The molecule has 0 saturated carbocycles. The van der Waals surface area contributed by atoms with E-state index in [-0.39, 0.29) is 30.5 Å². The van der Waals surface area contributed by atoms with Crippen LogP contribution in [0.5, 0.6) is 0 Å². The van der Waals surface area contributed by atoms with E-state index >= 15 is 0 Å². The van der Waals surface area contributed by atoms with Crippen molar-refractivity contribution in [3.8, 4) is 0 Å². The first-order valence-electron chi connectivity index (χ1n) is 6.42. The number of rotatable bonds is 6. The number of hydrogen-bond acceptors (Lipinski definition) is 7. The van der Waals surface area contributed by atoms with Crippen LogP contribution in [0, 0.1) is 0 Å². The minimum atomic E-state index is -0.925. The molecule has 2 heterocycles. The van der Waals surface area contributed by atoms with Gasteiger partial charge in [-0.25, -0.2) is 9.97 Å². The number of nitrogens with two attached hydrogens (primary N) is 1. The first kappa shape index (κ1) is 15.9. The van der Waals surface area contributed by atoms with Crippen LogP contribution in [0.2, 0.25) is 0 Å². The first-order chi connectivity index (χ1) is 10.6. The molecular weight excluding hydrogens is 306 g/mol. The zero-order valence-corrected chi connectivity index (χ0v) is 12.3. The maximum absolute atomic E-state index is 11.8. The molecule has 0 aliphatic rings. The molecule has 9 heteroatoms. The molecule has 8 nitrogen and oxygen atoms in total. The Labute approximate surface area is 130 Å². The van der Waals surface area contributed by atoms with Gasteiger partial charge in [0.05, 0.1) is 11.0 Å². The second kappa shape index (κ2) is 7.48. The smallest absolute Gasteiger partial charge is 0.273 e. The van der Waals surface area contributed by atoms with Crippen molar-refractivity contribution in [2.24, 2.45) is 0 Å². The number of thiophene rings is 1. The zero-order chi connectivity index (χ0) is 15.9. The summed E-state index contributed by atoms with van der Waals surface area (Å²) in [6.07, 6.45) is 1.80. The number of aliphatic hydroxyl groups is 1. The summed E-state index contributed by atoms with van der Waals surface area (Å²) in [6.45, 7) is -0.0213. The van der Waals surface area contributed by atoms with E-state index < -0.39 is 12.0 Å². The van der Waals surface area contributed by atoms with Crippen LogP contribution in [-0.4, -0.2) is 46.1 Å². The molecule has 2 amide bonds. The van der Waals surface area contributed by atoms with E-state index in [0.717, 1.165) is 0 Å². The molecule has 2 rings (SSSR count). The lowest BCUT2D eigenvalue weighted by molar-refractivity contribution is 0.0884. The van der Waals surface area contributed by atoms with E-state index in [1.54, 1.807) is 17.5 Å². The number of aliphatic hydroxyl groups excluding tert-OH is 1. The Bertz CT molecular complexity index is 647. The lowest BCUT2D eigenvalue weighted by atomic mass is 10.3. The van der Waals surface area contributed by atoms with Gasteiger partial charge in [0.1, 0.15) is 0 Å². The molecule has 1 unspecified atom stereocenters. The second-order valence-corrected chi connectivity index (χ2v) is 5.29. The number of hydrogen-bond donors (Lipinski definition) is 4. The molecule has 0 radical (unpaired) electrons. The normalized spacial score (nSPS) is 11.7. The van der Waals surface area contributed by atoms with Crippen molar-refractivity contribution >= 4 is 29.0 Å². The van der Waals surface area contributed by atoms with Gasteiger partial charge in [0.15, 0.2) is 11.5 Å². The Balaban J connectivity index is 1.76. The molecule has 0 spiro atoms. The standard InChI is InChI=1S/C13H15N5O3S/c14-11-10(15-3-4-16-11)13(21)18-7-8(19)6-17-12(20)9-2-1-5-22-9/h1-5,8,19H,6-7H2,(H2,14,16)(H,17,20)(H,18,21). The summed E-state index contributed by atoms with van der Waals surface area (Å²) >= 11 is 1.31. The topological polar surface area (TPSA) is 130 Å². The Morgan fingerprint density at radius 3 is 2.55 bits per heavy atom. The number of amides is 2. The highest BCUT2D eigenvalue weighted by molar-refractivity contribution is 7.12. The van der Waals surface area contributed by atoms with Gasteiger partial charge in [-0.15, -0.1) is 11.3 Å². The lowest BCUT2D eigenvalue weighted by Crippen LogP contribution is -2.40.